The topological polar surface area (TPSA) is 80.8 Å². The Morgan fingerprint density at radius 3 is 2.00 bits per heavy atom. The van der Waals surface area contributed by atoms with Crippen LogP contribution in [0.5, 0.6) is 5.75 Å². The van der Waals surface area contributed by atoms with Gasteiger partial charge in [-0.25, -0.2) is 16.8 Å². The molecule has 0 amide bonds. The molecule has 2 aliphatic rings. The van der Waals surface area contributed by atoms with Crippen molar-refractivity contribution in [2.24, 2.45) is 0 Å². The predicted molar refractivity (Wildman–Crippen MR) is 96.2 cm³/mol. The number of sulfonamides is 1. The van der Waals surface area contributed by atoms with Crippen LogP contribution in [0.15, 0.2) is 17.0 Å². The summed E-state index contributed by atoms with van der Waals surface area (Å²) in [6.45, 7) is 3.79. The van der Waals surface area contributed by atoms with Gasteiger partial charge in [-0.15, -0.1) is 0 Å². The van der Waals surface area contributed by atoms with Gasteiger partial charge in [0.15, 0.2) is 0 Å². The molecule has 2 aliphatic heterocycles. The van der Waals surface area contributed by atoms with Crippen molar-refractivity contribution in [1.29, 1.82) is 0 Å². The molecular formula is C17H25NO5S2. The Morgan fingerprint density at radius 2 is 1.52 bits per heavy atom. The van der Waals surface area contributed by atoms with Crippen molar-refractivity contribution in [2.75, 3.05) is 13.4 Å². The standard InChI is InChI=1S/C17H25NO5S2/c1-11-7-16(23-3)17(8-12(11)2)25(21,22)18-13-5-6-14(18)10-15(9-13)24(4,19)20/h7-8,13-15H,5-6,9-10H2,1-4H3. The molecule has 1 aromatic rings. The van der Waals surface area contributed by atoms with Crippen molar-refractivity contribution in [1.82, 2.24) is 4.31 Å². The fourth-order valence-corrected chi connectivity index (χ4v) is 7.32. The van der Waals surface area contributed by atoms with E-state index in [1.165, 1.54) is 13.4 Å². The highest BCUT2D eigenvalue weighted by atomic mass is 32.2. The average Bonchev–Trinajstić information content (AvgIpc) is 2.80. The van der Waals surface area contributed by atoms with Crippen LogP contribution in [-0.4, -0.2) is 51.8 Å². The molecule has 2 bridgehead atoms. The largest absolute Gasteiger partial charge is 0.495 e. The van der Waals surface area contributed by atoms with E-state index in [1.54, 1.807) is 16.4 Å². The van der Waals surface area contributed by atoms with E-state index in [2.05, 4.69) is 0 Å². The average molecular weight is 388 g/mol. The zero-order valence-electron chi connectivity index (χ0n) is 15.0. The Labute approximate surface area is 150 Å². The summed E-state index contributed by atoms with van der Waals surface area (Å²) < 4.78 is 57.4. The van der Waals surface area contributed by atoms with Gasteiger partial charge in [0.05, 0.1) is 12.4 Å². The second-order valence-electron chi connectivity index (χ2n) is 7.23. The number of methoxy groups -OCH3 is 1. The van der Waals surface area contributed by atoms with E-state index < -0.39 is 25.1 Å². The van der Waals surface area contributed by atoms with Crippen LogP contribution >= 0.6 is 0 Å². The molecule has 2 atom stereocenters. The molecule has 2 saturated heterocycles. The van der Waals surface area contributed by atoms with E-state index in [9.17, 15) is 16.8 Å². The van der Waals surface area contributed by atoms with E-state index in [-0.39, 0.29) is 17.0 Å². The summed E-state index contributed by atoms with van der Waals surface area (Å²) in [5.74, 6) is 0.340. The minimum absolute atomic E-state index is 0.174. The minimum Gasteiger partial charge on any atom is -0.495 e. The first-order chi connectivity index (χ1) is 11.6. The summed E-state index contributed by atoms with van der Waals surface area (Å²) in [7, 11) is -5.43. The van der Waals surface area contributed by atoms with Crippen LogP contribution in [-0.2, 0) is 19.9 Å². The molecular weight excluding hydrogens is 362 g/mol. The van der Waals surface area contributed by atoms with Gasteiger partial charge in [0, 0.05) is 18.3 Å². The number of benzene rings is 1. The summed E-state index contributed by atoms with van der Waals surface area (Å²) in [5, 5.41) is -0.446. The zero-order chi connectivity index (χ0) is 18.6. The molecule has 2 fully saturated rings. The number of aryl methyl sites for hydroxylation is 2. The zero-order valence-corrected chi connectivity index (χ0v) is 16.7. The van der Waals surface area contributed by atoms with Crippen molar-refractivity contribution in [3.05, 3.63) is 23.3 Å². The molecule has 2 heterocycles. The first-order valence-corrected chi connectivity index (χ1v) is 11.8. The van der Waals surface area contributed by atoms with Gasteiger partial charge in [-0.1, -0.05) is 0 Å². The van der Waals surface area contributed by atoms with Crippen LogP contribution in [0.3, 0.4) is 0 Å². The van der Waals surface area contributed by atoms with Gasteiger partial charge in [-0.05, 0) is 62.8 Å². The van der Waals surface area contributed by atoms with E-state index in [4.69, 9.17) is 4.74 Å². The third-order valence-corrected chi connectivity index (χ3v) is 9.19. The number of fused-ring (bicyclic) bond motifs is 2. The third kappa shape index (κ3) is 3.19. The highest BCUT2D eigenvalue weighted by molar-refractivity contribution is 7.91. The fraction of sp³-hybridized carbons (Fsp3) is 0.647. The maximum Gasteiger partial charge on any atom is 0.247 e. The maximum absolute atomic E-state index is 13.3. The van der Waals surface area contributed by atoms with Crippen LogP contribution in [0.1, 0.15) is 36.8 Å². The Kier molecular flexibility index (Phi) is 4.66. The van der Waals surface area contributed by atoms with Gasteiger partial charge >= 0.3 is 0 Å². The van der Waals surface area contributed by atoms with Gasteiger partial charge in [-0.3, -0.25) is 0 Å². The van der Waals surface area contributed by atoms with Crippen LogP contribution in [0.4, 0.5) is 0 Å². The lowest BCUT2D eigenvalue weighted by Gasteiger charge is -2.37. The number of sulfone groups is 1. The van der Waals surface area contributed by atoms with Crippen molar-refractivity contribution < 1.29 is 21.6 Å². The summed E-state index contributed by atoms with van der Waals surface area (Å²) in [6.07, 6.45) is 3.42. The number of hydrogen-bond donors (Lipinski definition) is 0. The molecule has 0 N–H and O–H groups in total. The summed E-state index contributed by atoms with van der Waals surface area (Å²) in [5.41, 5.74) is 1.85. The molecule has 0 saturated carbocycles. The van der Waals surface area contributed by atoms with E-state index in [0.29, 0.717) is 31.4 Å². The second kappa shape index (κ2) is 6.25. The van der Waals surface area contributed by atoms with Crippen molar-refractivity contribution >= 4 is 19.9 Å². The number of rotatable bonds is 4. The molecule has 25 heavy (non-hydrogen) atoms. The Hall–Kier alpha value is -1.12. The first-order valence-electron chi connectivity index (χ1n) is 8.43. The summed E-state index contributed by atoms with van der Waals surface area (Å²) in [4.78, 5) is 0.174. The molecule has 6 nitrogen and oxygen atoms in total. The maximum atomic E-state index is 13.3. The number of nitrogens with zero attached hydrogens (tertiary/aromatic N) is 1. The quantitative estimate of drug-likeness (QED) is 0.790. The lowest BCUT2D eigenvalue weighted by atomic mass is 10.1. The Morgan fingerprint density at radius 1 is 1.00 bits per heavy atom. The monoisotopic (exact) mass is 387 g/mol. The lowest BCUT2D eigenvalue weighted by Crippen LogP contribution is -2.49. The van der Waals surface area contributed by atoms with E-state index in [0.717, 1.165) is 11.1 Å². The smallest absolute Gasteiger partial charge is 0.247 e. The summed E-state index contributed by atoms with van der Waals surface area (Å²) >= 11 is 0. The number of hydrogen-bond acceptors (Lipinski definition) is 5. The fourth-order valence-electron chi connectivity index (χ4n) is 4.06. The third-order valence-electron chi connectivity index (χ3n) is 5.56. The normalized spacial score (nSPS) is 27.4. The molecule has 1 aromatic carbocycles. The van der Waals surface area contributed by atoms with Crippen molar-refractivity contribution in [3.8, 4) is 5.75 Å². The van der Waals surface area contributed by atoms with Crippen LogP contribution in [0.25, 0.3) is 0 Å². The Balaban J connectivity index is 2.02. The highest BCUT2D eigenvalue weighted by Crippen LogP contribution is 2.43. The van der Waals surface area contributed by atoms with Gasteiger partial charge < -0.3 is 4.74 Å². The Bertz CT molecular complexity index is 878. The van der Waals surface area contributed by atoms with Crippen molar-refractivity contribution in [2.45, 2.75) is 61.8 Å². The minimum atomic E-state index is -3.74. The van der Waals surface area contributed by atoms with Gasteiger partial charge in [0.25, 0.3) is 0 Å². The molecule has 3 rings (SSSR count). The molecule has 0 radical (unpaired) electrons. The van der Waals surface area contributed by atoms with Gasteiger partial charge in [0.2, 0.25) is 10.0 Å². The van der Waals surface area contributed by atoms with Gasteiger partial charge in [0.1, 0.15) is 20.5 Å². The number of piperidine rings is 1. The van der Waals surface area contributed by atoms with Crippen molar-refractivity contribution in [3.63, 3.8) is 0 Å². The first kappa shape index (κ1) is 18.7. The van der Waals surface area contributed by atoms with Crippen LogP contribution in [0.2, 0.25) is 0 Å². The molecule has 0 spiro atoms. The van der Waals surface area contributed by atoms with E-state index >= 15 is 0 Å². The van der Waals surface area contributed by atoms with E-state index in [1.807, 2.05) is 13.8 Å². The molecule has 0 aromatic heterocycles. The lowest BCUT2D eigenvalue weighted by molar-refractivity contribution is 0.248. The SMILES string of the molecule is COc1cc(C)c(C)cc1S(=O)(=O)N1C2CCC1CC(S(C)(=O)=O)C2. The predicted octanol–water partition coefficient (Wildman–Crippen LogP) is 2.04. The van der Waals surface area contributed by atoms with Gasteiger partial charge in [-0.2, -0.15) is 4.31 Å². The molecule has 0 aliphatic carbocycles. The molecule has 2 unspecified atom stereocenters. The summed E-state index contributed by atoms with van der Waals surface area (Å²) in [6, 6.07) is 2.89. The van der Waals surface area contributed by atoms with Crippen LogP contribution in [0, 0.1) is 13.8 Å². The number of ether oxygens (including phenoxy) is 1. The second-order valence-corrected chi connectivity index (χ2v) is 11.4. The molecule has 140 valence electrons. The molecule has 8 heteroatoms. The van der Waals surface area contributed by atoms with Crippen LogP contribution < -0.4 is 4.74 Å². The highest BCUT2D eigenvalue weighted by Gasteiger charge is 2.49.